The molecule has 0 radical (unpaired) electrons. The minimum atomic E-state index is -1.40. The highest BCUT2D eigenvalue weighted by molar-refractivity contribution is 6.14. The molecular formula is C44H42N2O8. The monoisotopic (exact) mass is 726 g/mol. The minimum absolute atomic E-state index is 0.0239. The van der Waals surface area contributed by atoms with Crippen LogP contribution in [0.15, 0.2) is 109 Å². The van der Waals surface area contributed by atoms with Crippen molar-refractivity contribution in [2.24, 2.45) is 22.7 Å². The Kier molecular flexibility index (Phi) is 9.55. The van der Waals surface area contributed by atoms with Crippen molar-refractivity contribution in [2.75, 3.05) is 24.9 Å². The van der Waals surface area contributed by atoms with Crippen molar-refractivity contribution in [1.82, 2.24) is 0 Å². The zero-order valence-electron chi connectivity index (χ0n) is 30.5. The van der Waals surface area contributed by atoms with Crippen LogP contribution >= 0.6 is 0 Å². The van der Waals surface area contributed by atoms with Gasteiger partial charge in [0.2, 0.25) is 11.8 Å². The van der Waals surface area contributed by atoms with E-state index in [1.807, 2.05) is 109 Å². The number of amides is 2. The van der Waals surface area contributed by atoms with Gasteiger partial charge in [0.1, 0.15) is 11.6 Å². The molecule has 2 fully saturated rings. The molecule has 0 spiro atoms. The van der Waals surface area contributed by atoms with E-state index in [0.717, 1.165) is 22.3 Å². The molecule has 4 aromatic carbocycles. The molecule has 2 aliphatic carbocycles. The maximum absolute atomic E-state index is 13.2. The number of methoxy groups -OCH3 is 2. The quantitative estimate of drug-likeness (QED) is 0.168. The normalized spacial score (nSPS) is 28.7. The van der Waals surface area contributed by atoms with Crippen LogP contribution in [0.2, 0.25) is 0 Å². The molecule has 0 aromatic heterocycles. The Morgan fingerprint density at radius 1 is 0.537 bits per heavy atom. The number of esters is 2. The van der Waals surface area contributed by atoms with Gasteiger partial charge in [0, 0.05) is 35.0 Å². The van der Waals surface area contributed by atoms with Gasteiger partial charge in [-0.2, -0.15) is 0 Å². The molecule has 2 saturated carbocycles. The zero-order valence-corrected chi connectivity index (χ0v) is 30.5. The van der Waals surface area contributed by atoms with E-state index >= 15 is 0 Å². The first-order valence-corrected chi connectivity index (χ1v) is 18.1. The largest absolute Gasteiger partial charge is 0.468 e. The second kappa shape index (κ2) is 14.2. The molecular weight excluding hydrogens is 684 g/mol. The summed E-state index contributed by atoms with van der Waals surface area (Å²) in [6.07, 6.45) is 0.498. The standard InChI is InChI=1S/2C22H21NO4/c2*1-13(24)18-16(14-8-4-3-5-9-14)12-22(21(26)27-2)19(18)15-10-6-7-11-17(15)23-20(22)25/h2*3-11,16,18-19H,12H2,1-2H3,(H,23,25)/t2*16-,18+,19-,22-/m11/s1. The number of rotatable bonds is 6. The number of nitrogens with one attached hydrogen (secondary N) is 2. The lowest BCUT2D eigenvalue weighted by atomic mass is 9.67. The van der Waals surface area contributed by atoms with Crippen molar-refractivity contribution >= 4 is 46.7 Å². The van der Waals surface area contributed by atoms with Crippen molar-refractivity contribution in [3.05, 3.63) is 131 Å². The summed E-state index contributed by atoms with van der Waals surface area (Å²) in [5, 5.41) is 5.74. The molecule has 4 aliphatic rings. The van der Waals surface area contributed by atoms with Gasteiger partial charge >= 0.3 is 11.9 Å². The summed E-state index contributed by atoms with van der Waals surface area (Å²) in [7, 11) is 2.58. The molecule has 54 heavy (non-hydrogen) atoms. The van der Waals surface area contributed by atoms with E-state index in [2.05, 4.69) is 10.6 Å². The maximum atomic E-state index is 13.2. The fraction of sp³-hybridized carbons (Fsp3) is 0.318. The number of hydrogen-bond donors (Lipinski definition) is 2. The lowest BCUT2D eigenvalue weighted by molar-refractivity contribution is -0.160. The Morgan fingerprint density at radius 2 is 0.870 bits per heavy atom. The summed E-state index contributed by atoms with van der Waals surface area (Å²) in [5.41, 5.74) is 2.07. The summed E-state index contributed by atoms with van der Waals surface area (Å²) in [5.74, 6) is -4.48. The highest BCUT2D eigenvalue weighted by atomic mass is 16.5. The Hall–Kier alpha value is -5.90. The summed E-state index contributed by atoms with van der Waals surface area (Å²) >= 11 is 0. The van der Waals surface area contributed by atoms with Gasteiger partial charge in [0.25, 0.3) is 0 Å². The first kappa shape index (κ1) is 36.5. The molecule has 10 heteroatoms. The van der Waals surface area contributed by atoms with E-state index in [9.17, 15) is 28.8 Å². The number of ketones is 2. The summed E-state index contributed by atoms with van der Waals surface area (Å²) in [4.78, 5) is 77.8. The van der Waals surface area contributed by atoms with Crippen molar-refractivity contribution < 1.29 is 38.2 Å². The van der Waals surface area contributed by atoms with Crippen LogP contribution in [-0.2, 0) is 38.2 Å². The Morgan fingerprint density at radius 3 is 1.20 bits per heavy atom. The van der Waals surface area contributed by atoms with Gasteiger partial charge in [0.15, 0.2) is 10.8 Å². The number of carbonyl (C=O) groups excluding carboxylic acids is 6. The number of Topliss-reactive ketones (excluding diaryl/α,β-unsaturated/α-hetero) is 2. The van der Waals surface area contributed by atoms with Gasteiger partial charge < -0.3 is 20.1 Å². The van der Waals surface area contributed by atoms with Crippen LogP contribution < -0.4 is 10.6 Å². The third-order valence-electron chi connectivity index (χ3n) is 12.1. The second-order valence-electron chi connectivity index (χ2n) is 14.7. The average Bonchev–Trinajstić information content (AvgIpc) is 3.77. The van der Waals surface area contributed by atoms with Crippen molar-refractivity contribution in [2.45, 2.75) is 50.4 Å². The predicted molar refractivity (Wildman–Crippen MR) is 200 cm³/mol. The van der Waals surface area contributed by atoms with Gasteiger partial charge in [-0.1, -0.05) is 97.1 Å². The molecule has 0 unspecified atom stereocenters. The van der Waals surface area contributed by atoms with Gasteiger partial charge in [-0.25, -0.2) is 0 Å². The minimum Gasteiger partial charge on any atom is -0.468 e. The summed E-state index contributed by atoms with van der Waals surface area (Å²) < 4.78 is 10.2. The van der Waals surface area contributed by atoms with E-state index in [4.69, 9.17) is 9.47 Å². The molecule has 8 atom stereocenters. The number of hydrogen-bond acceptors (Lipinski definition) is 8. The van der Waals surface area contributed by atoms with E-state index < -0.39 is 46.4 Å². The van der Waals surface area contributed by atoms with E-state index in [1.165, 1.54) is 14.2 Å². The summed E-state index contributed by atoms with van der Waals surface area (Å²) in [6.45, 7) is 3.09. The highest BCUT2D eigenvalue weighted by Gasteiger charge is 2.68. The molecule has 2 amide bonds. The lowest BCUT2D eigenvalue weighted by Gasteiger charge is -2.38. The third kappa shape index (κ3) is 5.54. The second-order valence-corrected chi connectivity index (χ2v) is 14.7. The third-order valence-corrected chi connectivity index (χ3v) is 12.1. The predicted octanol–water partition coefficient (Wildman–Crippen LogP) is 6.55. The molecule has 4 aromatic rings. The van der Waals surface area contributed by atoms with Crippen molar-refractivity contribution in [3.8, 4) is 0 Å². The van der Waals surface area contributed by atoms with Gasteiger partial charge in [-0.05, 0) is 72.9 Å². The molecule has 2 aliphatic heterocycles. The highest BCUT2D eigenvalue weighted by Crippen LogP contribution is 2.64. The van der Waals surface area contributed by atoms with Crippen molar-refractivity contribution in [1.29, 1.82) is 0 Å². The Labute approximate surface area is 313 Å². The SMILES string of the molecule is COC(=O)[C@]12C[C@H](c3ccccc3)[C@H](C(C)=O)[C@H]1c1ccccc1NC2=O.COC(=O)[C@]12C[C@H](c3ccccc3)[C@H](C(C)=O)[C@H]1c1ccccc1NC2=O. The zero-order chi connectivity index (χ0) is 38.4. The van der Waals surface area contributed by atoms with Crippen LogP contribution in [0.25, 0.3) is 0 Å². The fourth-order valence-corrected chi connectivity index (χ4v) is 9.95. The first-order chi connectivity index (χ1) is 26.0. The van der Waals surface area contributed by atoms with Gasteiger partial charge in [0.05, 0.1) is 14.2 Å². The van der Waals surface area contributed by atoms with Gasteiger partial charge in [-0.3, -0.25) is 28.8 Å². The molecule has 10 nitrogen and oxygen atoms in total. The van der Waals surface area contributed by atoms with Gasteiger partial charge in [-0.15, -0.1) is 0 Å². The number of ether oxygens (including phenoxy) is 2. The Bertz CT molecular complexity index is 2000. The van der Waals surface area contributed by atoms with Crippen LogP contribution in [0.5, 0.6) is 0 Å². The number of fused-ring (bicyclic) bond motifs is 6. The molecule has 2 heterocycles. The number of carbonyl (C=O) groups is 6. The molecule has 0 bridgehead atoms. The average molecular weight is 727 g/mol. The number of anilines is 2. The van der Waals surface area contributed by atoms with Crippen LogP contribution in [0.3, 0.4) is 0 Å². The van der Waals surface area contributed by atoms with Crippen LogP contribution in [0, 0.1) is 22.7 Å². The van der Waals surface area contributed by atoms with E-state index in [1.54, 1.807) is 13.8 Å². The van der Waals surface area contributed by atoms with Crippen LogP contribution in [0.4, 0.5) is 11.4 Å². The van der Waals surface area contributed by atoms with E-state index in [-0.39, 0.29) is 48.1 Å². The molecule has 0 saturated heterocycles. The number of benzene rings is 4. The van der Waals surface area contributed by atoms with Crippen LogP contribution in [0.1, 0.15) is 72.6 Å². The topological polar surface area (TPSA) is 145 Å². The molecule has 8 rings (SSSR count). The fourth-order valence-electron chi connectivity index (χ4n) is 9.95. The molecule has 2 N–H and O–H groups in total. The maximum Gasteiger partial charge on any atom is 0.322 e. The first-order valence-electron chi connectivity index (χ1n) is 18.1. The summed E-state index contributed by atoms with van der Waals surface area (Å²) in [6, 6.07) is 34.0. The van der Waals surface area contributed by atoms with Crippen molar-refractivity contribution in [3.63, 3.8) is 0 Å². The Balaban J connectivity index is 0.000000167. The van der Waals surface area contributed by atoms with E-state index in [0.29, 0.717) is 11.4 Å². The number of para-hydroxylation sites is 2. The molecule has 276 valence electrons. The lowest BCUT2D eigenvalue weighted by Crippen LogP contribution is -2.50. The van der Waals surface area contributed by atoms with Crippen LogP contribution in [-0.4, -0.2) is 49.5 Å². The smallest absolute Gasteiger partial charge is 0.322 e.